The van der Waals surface area contributed by atoms with Crippen LogP contribution in [0.15, 0.2) is 47.4 Å². The molecule has 5 nitrogen and oxygen atoms in total. The molecule has 0 bridgehead atoms. The standard InChI is InChI=1S/C14H11ClFNO4S/c1-21-14(18)9-5-6-12(15)13(7-9)22(19,20)17-11-4-2-3-10(16)8-11/h2-8,17H,1H3. The van der Waals surface area contributed by atoms with Crippen LogP contribution in [0.4, 0.5) is 10.1 Å². The molecule has 8 heteroatoms. The largest absolute Gasteiger partial charge is 0.465 e. The molecule has 2 rings (SSSR count). The Morgan fingerprint density at radius 2 is 1.95 bits per heavy atom. The highest BCUT2D eigenvalue weighted by Gasteiger charge is 2.20. The van der Waals surface area contributed by atoms with E-state index in [1.165, 1.54) is 37.4 Å². The number of methoxy groups -OCH3 is 1. The number of hydrogen-bond acceptors (Lipinski definition) is 4. The van der Waals surface area contributed by atoms with Crippen molar-refractivity contribution in [2.24, 2.45) is 0 Å². The minimum Gasteiger partial charge on any atom is -0.465 e. The Morgan fingerprint density at radius 1 is 1.23 bits per heavy atom. The average molecular weight is 344 g/mol. The molecule has 0 unspecified atom stereocenters. The van der Waals surface area contributed by atoms with Gasteiger partial charge < -0.3 is 4.74 Å². The molecular weight excluding hydrogens is 333 g/mol. The molecule has 0 aliphatic carbocycles. The SMILES string of the molecule is COC(=O)c1ccc(Cl)c(S(=O)(=O)Nc2cccc(F)c2)c1. The maximum Gasteiger partial charge on any atom is 0.337 e. The van der Waals surface area contributed by atoms with Crippen LogP contribution >= 0.6 is 11.6 Å². The molecule has 1 N–H and O–H groups in total. The zero-order valence-electron chi connectivity index (χ0n) is 11.3. The summed E-state index contributed by atoms with van der Waals surface area (Å²) in [5.41, 5.74) is 0.0751. The second-order valence-electron chi connectivity index (χ2n) is 4.25. The molecule has 0 spiro atoms. The summed E-state index contributed by atoms with van der Waals surface area (Å²) in [5.74, 6) is -1.28. The Balaban J connectivity index is 2.42. The second-order valence-corrected chi connectivity index (χ2v) is 6.31. The first-order chi connectivity index (χ1) is 10.3. The molecule has 22 heavy (non-hydrogen) atoms. The van der Waals surface area contributed by atoms with Crippen LogP contribution in [0.2, 0.25) is 5.02 Å². The maximum atomic E-state index is 13.1. The van der Waals surface area contributed by atoms with Crippen molar-refractivity contribution in [3.8, 4) is 0 Å². The predicted molar refractivity (Wildman–Crippen MR) is 80.0 cm³/mol. The van der Waals surface area contributed by atoms with Gasteiger partial charge >= 0.3 is 5.97 Å². The number of carbonyl (C=O) groups is 1. The molecule has 0 aliphatic heterocycles. The molecule has 2 aromatic carbocycles. The van der Waals surface area contributed by atoms with Gasteiger partial charge in [0, 0.05) is 0 Å². The molecule has 0 saturated carbocycles. The Hall–Kier alpha value is -2.12. The lowest BCUT2D eigenvalue weighted by Gasteiger charge is -2.10. The lowest BCUT2D eigenvalue weighted by Crippen LogP contribution is -2.14. The number of halogens is 2. The molecule has 2 aromatic rings. The van der Waals surface area contributed by atoms with Crippen LogP contribution in [0.5, 0.6) is 0 Å². The highest BCUT2D eigenvalue weighted by molar-refractivity contribution is 7.92. The first kappa shape index (κ1) is 16.3. The molecule has 0 atom stereocenters. The Kier molecular flexibility index (Phi) is 4.68. The van der Waals surface area contributed by atoms with Crippen LogP contribution in [0, 0.1) is 5.82 Å². The van der Waals surface area contributed by atoms with E-state index in [1.54, 1.807) is 0 Å². The van der Waals surface area contributed by atoms with E-state index < -0.39 is 21.8 Å². The van der Waals surface area contributed by atoms with E-state index >= 15 is 0 Å². The summed E-state index contributed by atoms with van der Waals surface area (Å²) in [6.45, 7) is 0. The number of rotatable bonds is 4. The van der Waals surface area contributed by atoms with Crippen LogP contribution in [0.3, 0.4) is 0 Å². The predicted octanol–water partition coefficient (Wildman–Crippen LogP) is 3.07. The number of nitrogens with one attached hydrogen (secondary N) is 1. The molecule has 0 radical (unpaired) electrons. The van der Waals surface area contributed by atoms with Crippen LogP contribution in [0.1, 0.15) is 10.4 Å². The average Bonchev–Trinajstić information content (AvgIpc) is 2.46. The Labute approximate surface area is 131 Å². The summed E-state index contributed by atoms with van der Waals surface area (Å²) in [4.78, 5) is 11.2. The Bertz CT molecular complexity index is 823. The van der Waals surface area contributed by atoms with Gasteiger partial charge in [-0.2, -0.15) is 0 Å². The minimum absolute atomic E-state index is 0.0338. The number of sulfonamides is 1. The van der Waals surface area contributed by atoms with Gasteiger partial charge in [0.05, 0.1) is 23.4 Å². The molecule has 0 heterocycles. The fourth-order valence-electron chi connectivity index (χ4n) is 1.72. The second kappa shape index (κ2) is 6.33. The van der Waals surface area contributed by atoms with E-state index in [4.69, 9.17) is 11.6 Å². The lowest BCUT2D eigenvalue weighted by molar-refractivity contribution is 0.0600. The normalized spacial score (nSPS) is 11.0. The maximum absolute atomic E-state index is 13.1. The third-order valence-corrected chi connectivity index (χ3v) is 4.58. The molecule has 0 fully saturated rings. The highest BCUT2D eigenvalue weighted by atomic mass is 35.5. The van der Waals surface area contributed by atoms with Gasteiger partial charge in [0.25, 0.3) is 10.0 Å². The summed E-state index contributed by atoms with van der Waals surface area (Å²) in [7, 11) is -2.90. The van der Waals surface area contributed by atoms with E-state index in [-0.39, 0.29) is 21.2 Å². The number of hydrogen-bond donors (Lipinski definition) is 1. The first-order valence-corrected chi connectivity index (χ1v) is 7.86. The monoisotopic (exact) mass is 343 g/mol. The minimum atomic E-state index is -4.08. The molecule has 0 aliphatic rings. The van der Waals surface area contributed by atoms with E-state index in [0.29, 0.717) is 0 Å². The number of anilines is 1. The molecule has 116 valence electrons. The quantitative estimate of drug-likeness (QED) is 0.866. The third kappa shape index (κ3) is 3.55. The molecule has 0 saturated heterocycles. The van der Waals surface area contributed by atoms with Gasteiger partial charge in [-0.25, -0.2) is 17.6 Å². The molecular formula is C14H11ClFNO4S. The molecule has 0 aromatic heterocycles. The van der Waals surface area contributed by atoms with E-state index in [1.807, 2.05) is 0 Å². The number of esters is 1. The van der Waals surface area contributed by atoms with Gasteiger partial charge in [-0.1, -0.05) is 17.7 Å². The van der Waals surface area contributed by atoms with Crippen molar-refractivity contribution in [1.82, 2.24) is 0 Å². The van der Waals surface area contributed by atoms with E-state index in [9.17, 15) is 17.6 Å². The van der Waals surface area contributed by atoms with Crippen molar-refractivity contribution < 1.29 is 22.3 Å². The van der Waals surface area contributed by atoms with Gasteiger partial charge in [0.1, 0.15) is 10.7 Å². The lowest BCUT2D eigenvalue weighted by atomic mass is 10.2. The van der Waals surface area contributed by atoms with Crippen LogP contribution in [0.25, 0.3) is 0 Å². The third-order valence-electron chi connectivity index (χ3n) is 2.72. The van der Waals surface area contributed by atoms with Crippen LogP contribution in [-0.4, -0.2) is 21.5 Å². The van der Waals surface area contributed by atoms with Crippen molar-refractivity contribution >= 4 is 33.3 Å². The van der Waals surface area contributed by atoms with E-state index in [0.717, 1.165) is 12.1 Å². The molecule has 0 amide bonds. The fourth-order valence-corrected chi connectivity index (χ4v) is 3.29. The smallest absolute Gasteiger partial charge is 0.337 e. The fraction of sp³-hybridized carbons (Fsp3) is 0.0714. The van der Waals surface area contributed by atoms with Crippen molar-refractivity contribution in [1.29, 1.82) is 0 Å². The first-order valence-electron chi connectivity index (χ1n) is 6.00. The number of carbonyl (C=O) groups excluding carboxylic acids is 1. The van der Waals surface area contributed by atoms with Crippen molar-refractivity contribution in [3.05, 3.63) is 58.9 Å². The zero-order chi connectivity index (χ0) is 16.3. The highest BCUT2D eigenvalue weighted by Crippen LogP contribution is 2.25. The van der Waals surface area contributed by atoms with Gasteiger partial charge in [0.2, 0.25) is 0 Å². The van der Waals surface area contributed by atoms with Crippen molar-refractivity contribution in [2.75, 3.05) is 11.8 Å². The van der Waals surface area contributed by atoms with Gasteiger partial charge in [-0.15, -0.1) is 0 Å². The van der Waals surface area contributed by atoms with Crippen molar-refractivity contribution in [2.45, 2.75) is 4.90 Å². The zero-order valence-corrected chi connectivity index (χ0v) is 12.9. The Morgan fingerprint density at radius 3 is 2.59 bits per heavy atom. The number of benzene rings is 2. The summed E-state index contributed by atoms with van der Waals surface area (Å²) >= 11 is 5.88. The summed E-state index contributed by atoms with van der Waals surface area (Å²) in [6, 6.07) is 8.66. The summed E-state index contributed by atoms with van der Waals surface area (Å²) in [6.07, 6.45) is 0. The van der Waals surface area contributed by atoms with Crippen LogP contribution < -0.4 is 4.72 Å². The van der Waals surface area contributed by atoms with Gasteiger partial charge in [-0.05, 0) is 36.4 Å². The van der Waals surface area contributed by atoms with Crippen LogP contribution in [-0.2, 0) is 14.8 Å². The number of ether oxygens (including phenoxy) is 1. The van der Waals surface area contributed by atoms with Gasteiger partial charge in [-0.3, -0.25) is 4.72 Å². The topological polar surface area (TPSA) is 72.5 Å². The summed E-state index contributed by atoms with van der Waals surface area (Å²) < 4.78 is 44.5. The van der Waals surface area contributed by atoms with Gasteiger partial charge in [0.15, 0.2) is 0 Å². The summed E-state index contributed by atoms with van der Waals surface area (Å²) in [5, 5.41) is -0.0726. The van der Waals surface area contributed by atoms with E-state index in [2.05, 4.69) is 9.46 Å². The van der Waals surface area contributed by atoms with Crippen molar-refractivity contribution in [3.63, 3.8) is 0 Å².